The molecule has 0 atom stereocenters. The average molecular weight is 345 g/mol. The molecule has 3 rings (SSSR count). The van der Waals surface area contributed by atoms with Crippen LogP contribution < -0.4 is 4.90 Å². The van der Waals surface area contributed by atoms with Crippen molar-refractivity contribution in [2.45, 2.75) is 33.1 Å². The summed E-state index contributed by atoms with van der Waals surface area (Å²) in [5.74, 6) is 1.86. The molecule has 1 aliphatic heterocycles. The summed E-state index contributed by atoms with van der Waals surface area (Å²) in [6, 6.07) is 0. The van der Waals surface area contributed by atoms with Gasteiger partial charge in [-0.05, 0) is 19.8 Å². The Morgan fingerprint density at radius 1 is 1.25 bits per heavy atom. The molecule has 0 spiro atoms. The van der Waals surface area contributed by atoms with E-state index in [0.29, 0.717) is 12.2 Å². The summed E-state index contributed by atoms with van der Waals surface area (Å²) >= 11 is 1.46. The molecular formula is C17H23N5OS. The second kappa shape index (κ2) is 7.70. The zero-order chi connectivity index (χ0) is 16.9. The number of thiazole rings is 1. The van der Waals surface area contributed by atoms with Crippen LogP contribution in [-0.2, 0) is 6.42 Å². The smallest absolute Gasteiger partial charge is 0.273 e. The van der Waals surface area contributed by atoms with Gasteiger partial charge >= 0.3 is 0 Å². The summed E-state index contributed by atoms with van der Waals surface area (Å²) in [7, 11) is 0. The van der Waals surface area contributed by atoms with Crippen LogP contribution >= 0.6 is 11.3 Å². The molecular weight excluding hydrogens is 322 g/mol. The monoisotopic (exact) mass is 345 g/mol. The van der Waals surface area contributed by atoms with Crippen LogP contribution in [0.15, 0.2) is 17.1 Å². The summed E-state index contributed by atoms with van der Waals surface area (Å²) in [5, 5.41) is 1.82. The van der Waals surface area contributed by atoms with Gasteiger partial charge in [0.05, 0.1) is 5.51 Å². The Balaban J connectivity index is 1.74. The normalized spacial score (nSPS) is 15.4. The van der Waals surface area contributed by atoms with Crippen LogP contribution in [0.1, 0.15) is 41.6 Å². The van der Waals surface area contributed by atoms with Crippen LogP contribution in [-0.4, -0.2) is 51.9 Å². The molecule has 0 aromatic carbocycles. The highest BCUT2D eigenvalue weighted by molar-refractivity contribution is 7.07. The van der Waals surface area contributed by atoms with E-state index in [0.717, 1.165) is 50.5 Å². The van der Waals surface area contributed by atoms with Gasteiger partial charge in [-0.1, -0.05) is 13.3 Å². The topological polar surface area (TPSA) is 62.2 Å². The van der Waals surface area contributed by atoms with Crippen molar-refractivity contribution in [1.82, 2.24) is 19.9 Å². The molecule has 0 bridgehead atoms. The number of hydrogen-bond donors (Lipinski definition) is 0. The zero-order valence-electron chi connectivity index (χ0n) is 14.2. The largest absolute Gasteiger partial charge is 0.354 e. The number of aryl methyl sites for hydroxylation is 2. The highest BCUT2D eigenvalue weighted by Gasteiger charge is 2.23. The Morgan fingerprint density at radius 3 is 2.88 bits per heavy atom. The third-order valence-corrected chi connectivity index (χ3v) is 4.80. The standard InChI is InChI=1S/C17H23N5OS/c1-3-5-14-10-18-13(2)20-16(14)21-6-4-7-22(9-8-21)17(23)15-11-24-12-19-15/h10-12H,3-9H2,1-2H3. The molecule has 7 heteroatoms. The minimum Gasteiger partial charge on any atom is -0.354 e. The van der Waals surface area contributed by atoms with Gasteiger partial charge in [-0.2, -0.15) is 0 Å². The number of carbonyl (C=O) groups excluding carboxylic acids is 1. The first-order valence-corrected chi connectivity index (χ1v) is 9.38. The van der Waals surface area contributed by atoms with E-state index >= 15 is 0 Å². The first-order valence-electron chi connectivity index (χ1n) is 8.44. The fourth-order valence-electron chi connectivity index (χ4n) is 3.01. The van der Waals surface area contributed by atoms with Gasteiger partial charge in [-0.15, -0.1) is 11.3 Å². The number of rotatable bonds is 4. The van der Waals surface area contributed by atoms with E-state index in [2.05, 4.69) is 26.8 Å². The van der Waals surface area contributed by atoms with Crippen LogP contribution in [0.2, 0.25) is 0 Å². The third-order valence-electron chi connectivity index (χ3n) is 4.22. The van der Waals surface area contributed by atoms with E-state index in [1.165, 1.54) is 16.9 Å². The molecule has 0 saturated carbocycles. The quantitative estimate of drug-likeness (QED) is 0.852. The molecule has 1 fully saturated rings. The predicted octanol–water partition coefficient (Wildman–Crippen LogP) is 2.55. The average Bonchev–Trinajstić information content (AvgIpc) is 3.01. The van der Waals surface area contributed by atoms with E-state index in [-0.39, 0.29) is 5.91 Å². The number of nitrogens with zero attached hydrogens (tertiary/aromatic N) is 5. The van der Waals surface area contributed by atoms with Gasteiger partial charge in [0.15, 0.2) is 0 Å². The Bertz CT molecular complexity index is 688. The van der Waals surface area contributed by atoms with Crippen LogP contribution in [0, 0.1) is 6.92 Å². The van der Waals surface area contributed by atoms with E-state index in [1.54, 1.807) is 5.51 Å². The molecule has 128 valence electrons. The van der Waals surface area contributed by atoms with E-state index < -0.39 is 0 Å². The summed E-state index contributed by atoms with van der Waals surface area (Å²) in [5.41, 5.74) is 3.46. The van der Waals surface area contributed by atoms with Crippen LogP contribution in [0.5, 0.6) is 0 Å². The van der Waals surface area contributed by atoms with Crippen molar-refractivity contribution in [1.29, 1.82) is 0 Å². The van der Waals surface area contributed by atoms with E-state index in [4.69, 9.17) is 0 Å². The van der Waals surface area contributed by atoms with E-state index in [1.807, 2.05) is 23.4 Å². The summed E-state index contributed by atoms with van der Waals surface area (Å²) in [4.78, 5) is 29.9. The summed E-state index contributed by atoms with van der Waals surface area (Å²) in [6.45, 7) is 7.26. The lowest BCUT2D eigenvalue weighted by atomic mass is 10.1. The number of amides is 1. The lowest BCUT2D eigenvalue weighted by molar-refractivity contribution is 0.0762. The SMILES string of the molecule is CCCc1cnc(C)nc1N1CCCN(C(=O)c2cscn2)CC1. The van der Waals surface area contributed by atoms with Crippen molar-refractivity contribution in [3.05, 3.63) is 34.2 Å². The maximum atomic E-state index is 12.5. The number of carbonyl (C=O) groups is 1. The lowest BCUT2D eigenvalue weighted by Gasteiger charge is -2.24. The Labute approximate surface area is 146 Å². The number of hydrogen-bond acceptors (Lipinski definition) is 6. The number of aromatic nitrogens is 3. The molecule has 1 aliphatic rings. The second-order valence-corrected chi connectivity index (χ2v) is 6.74. The van der Waals surface area contributed by atoms with Gasteiger partial charge < -0.3 is 9.80 Å². The minimum absolute atomic E-state index is 0.0331. The maximum Gasteiger partial charge on any atom is 0.273 e. The predicted molar refractivity (Wildman–Crippen MR) is 95.6 cm³/mol. The highest BCUT2D eigenvalue weighted by Crippen LogP contribution is 2.21. The van der Waals surface area contributed by atoms with Gasteiger partial charge in [0.1, 0.15) is 17.3 Å². The fraction of sp³-hybridized carbons (Fsp3) is 0.529. The van der Waals surface area contributed by atoms with Crippen molar-refractivity contribution in [2.75, 3.05) is 31.1 Å². The fourth-order valence-corrected chi connectivity index (χ4v) is 3.54. The van der Waals surface area contributed by atoms with Gasteiger partial charge in [0.25, 0.3) is 5.91 Å². The molecule has 0 aliphatic carbocycles. The summed E-state index contributed by atoms with van der Waals surface area (Å²) in [6.07, 6.45) is 4.93. The van der Waals surface area contributed by atoms with Crippen molar-refractivity contribution >= 4 is 23.1 Å². The van der Waals surface area contributed by atoms with Crippen molar-refractivity contribution in [2.24, 2.45) is 0 Å². The van der Waals surface area contributed by atoms with E-state index in [9.17, 15) is 4.79 Å². The lowest BCUT2D eigenvalue weighted by Crippen LogP contribution is -2.35. The third kappa shape index (κ3) is 3.72. The van der Waals surface area contributed by atoms with Crippen LogP contribution in [0.3, 0.4) is 0 Å². The minimum atomic E-state index is 0.0331. The van der Waals surface area contributed by atoms with Gasteiger partial charge in [-0.3, -0.25) is 4.79 Å². The Kier molecular flexibility index (Phi) is 5.40. The molecule has 2 aromatic rings. The number of anilines is 1. The van der Waals surface area contributed by atoms with Crippen molar-refractivity contribution < 1.29 is 4.79 Å². The van der Waals surface area contributed by atoms with Gasteiger partial charge in [0.2, 0.25) is 0 Å². The Morgan fingerprint density at radius 2 is 2.12 bits per heavy atom. The second-order valence-electron chi connectivity index (χ2n) is 6.02. The molecule has 24 heavy (non-hydrogen) atoms. The highest BCUT2D eigenvalue weighted by atomic mass is 32.1. The van der Waals surface area contributed by atoms with Crippen molar-refractivity contribution in [3.63, 3.8) is 0 Å². The Hall–Kier alpha value is -2.02. The van der Waals surface area contributed by atoms with Crippen molar-refractivity contribution in [3.8, 4) is 0 Å². The van der Waals surface area contributed by atoms with Gasteiger partial charge in [0, 0.05) is 43.3 Å². The molecule has 0 unspecified atom stereocenters. The first kappa shape index (κ1) is 16.8. The van der Waals surface area contributed by atoms with Crippen LogP contribution in [0.25, 0.3) is 0 Å². The molecule has 0 N–H and O–H groups in total. The molecule has 1 amide bonds. The van der Waals surface area contributed by atoms with Gasteiger partial charge in [-0.25, -0.2) is 15.0 Å². The molecule has 2 aromatic heterocycles. The maximum absolute atomic E-state index is 12.5. The molecule has 6 nitrogen and oxygen atoms in total. The first-order chi connectivity index (χ1) is 11.7. The molecule has 1 saturated heterocycles. The molecule has 0 radical (unpaired) electrons. The molecule has 3 heterocycles. The zero-order valence-corrected chi connectivity index (χ0v) is 15.1. The summed E-state index contributed by atoms with van der Waals surface area (Å²) < 4.78 is 0. The van der Waals surface area contributed by atoms with Crippen LogP contribution in [0.4, 0.5) is 5.82 Å².